The van der Waals surface area contributed by atoms with Crippen molar-refractivity contribution in [1.82, 2.24) is 24.4 Å². The quantitative estimate of drug-likeness (QED) is 0.589. The van der Waals surface area contributed by atoms with Gasteiger partial charge in [-0.15, -0.1) is 0 Å². The molecule has 2 aromatic heterocycles. The summed E-state index contributed by atoms with van der Waals surface area (Å²) in [4.78, 5) is 18.7. The Morgan fingerprint density at radius 2 is 2.27 bits per heavy atom. The summed E-state index contributed by atoms with van der Waals surface area (Å²) in [5, 5.41) is 19.0. The number of fused-ring (bicyclic) bond motifs is 1. The zero-order chi connectivity index (χ0) is 15.7. The first-order chi connectivity index (χ1) is 10.6. The van der Waals surface area contributed by atoms with Crippen LogP contribution in [0.15, 0.2) is 17.6 Å². The molecule has 3 unspecified atom stereocenters. The van der Waals surface area contributed by atoms with Crippen molar-refractivity contribution in [2.24, 2.45) is 4.99 Å². The summed E-state index contributed by atoms with van der Waals surface area (Å²) in [7, 11) is 3.73. The predicted octanol–water partition coefficient (Wildman–Crippen LogP) is -0.312. The number of rotatable bonds is 4. The minimum atomic E-state index is -0.708. The average molecular weight is 306 g/mol. The van der Waals surface area contributed by atoms with Gasteiger partial charge in [0.1, 0.15) is 18.7 Å². The van der Waals surface area contributed by atoms with Crippen LogP contribution in [-0.4, -0.2) is 73.9 Å². The molecule has 0 amide bonds. The summed E-state index contributed by atoms with van der Waals surface area (Å²) in [6.45, 7) is -0.225. The van der Waals surface area contributed by atoms with Crippen molar-refractivity contribution in [2.45, 2.75) is 24.9 Å². The number of aliphatic hydroxyl groups excluding tert-OH is 2. The number of nitrogens with zero attached hydrogens (tertiary/aromatic N) is 6. The standard InChI is InChI=1S/C13H18N6O3/c1-18(2)6-17-12-11-13(15-5-14-12)19(7-16-11)10-3-8(21)9(4-20)22-10/h5-10,20-21H,3-4H2,1-2H3. The van der Waals surface area contributed by atoms with Crippen LogP contribution in [-0.2, 0) is 4.74 Å². The van der Waals surface area contributed by atoms with Crippen LogP contribution in [0.25, 0.3) is 11.2 Å². The van der Waals surface area contributed by atoms with Crippen molar-refractivity contribution in [3.05, 3.63) is 12.7 Å². The Balaban J connectivity index is 1.95. The van der Waals surface area contributed by atoms with Crippen LogP contribution >= 0.6 is 0 Å². The van der Waals surface area contributed by atoms with Crippen molar-refractivity contribution in [3.8, 4) is 0 Å². The predicted molar refractivity (Wildman–Crippen MR) is 78.8 cm³/mol. The highest BCUT2D eigenvalue weighted by Gasteiger charge is 2.35. The Labute approximate surface area is 126 Å². The SMILES string of the molecule is CN(C)C=Nc1ncnc2c1ncn2C1CC(O)C(CO)O1. The molecule has 0 aromatic carbocycles. The van der Waals surface area contributed by atoms with E-state index in [-0.39, 0.29) is 6.61 Å². The van der Waals surface area contributed by atoms with Crippen molar-refractivity contribution >= 4 is 23.3 Å². The Hall–Kier alpha value is -2.10. The third-order valence-electron chi connectivity index (χ3n) is 3.44. The lowest BCUT2D eigenvalue weighted by molar-refractivity contribution is -0.0432. The normalized spacial score (nSPS) is 25.4. The van der Waals surface area contributed by atoms with Crippen molar-refractivity contribution in [3.63, 3.8) is 0 Å². The number of hydrogen-bond donors (Lipinski definition) is 2. The highest BCUT2D eigenvalue weighted by atomic mass is 16.5. The van der Waals surface area contributed by atoms with Gasteiger partial charge < -0.3 is 19.8 Å². The van der Waals surface area contributed by atoms with Crippen LogP contribution in [0.5, 0.6) is 0 Å². The summed E-state index contributed by atoms with van der Waals surface area (Å²) in [5.41, 5.74) is 1.14. The Kier molecular flexibility index (Phi) is 4.01. The zero-order valence-electron chi connectivity index (χ0n) is 12.4. The Bertz CT molecular complexity index is 685. The molecule has 22 heavy (non-hydrogen) atoms. The number of hydrogen-bond acceptors (Lipinski definition) is 7. The lowest BCUT2D eigenvalue weighted by atomic mass is 10.2. The number of ether oxygens (including phenoxy) is 1. The average Bonchev–Trinajstić information content (AvgIpc) is 3.08. The van der Waals surface area contributed by atoms with Crippen molar-refractivity contribution in [2.75, 3.05) is 20.7 Å². The maximum Gasteiger partial charge on any atom is 0.184 e. The van der Waals surface area contributed by atoms with Gasteiger partial charge in [0.2, 0.25) is 0 Å². The van der Waals surface area contributed by atoms with E-state index in [1.165, 1.54) is 6.33 Å². The summed E-state index contributed by atoms with van der Waals surface area (Å²) >= 11 is 0. The molecule has 3 rings (SSSR count). The molecule has 0 saturated carbocycles. The lowest BCUT2D eigenvalue weighted by Crippen LogP contribution is -2.24. The van der Waals surface area contributed by atoms with Crippen molar-refractivity contribution in [1.29, 1.82) is 0 Å². The summed E-state index contributed by atoms with van der Waals surface area (Å²) in [5.74, 6) is 0.467. The summed E-state index contributed by atoms with van der Waals surface area (Å²) in [6.07, 6.45) is 3.30. The monoisotopic (exact) mass is 306 g/mol. The van der Waals surface area contributed by atoms with Crippen LogP contribution in [0.3, 0.4) is 0 Å². The Morgan fingerprint density at radius 3 is 2.95 bits per heavy atom. The van der Waals surface area contributed by atoms with E-state index >= 15 is 0 Å². The van der Waals surface area contributed by atoms with Gasteiger partial charge >= 0.3 is 0 Å². The fourth-order valence-electron chi connectivity index (χ4n) is 2.37. The van der Waals surface area contributed by atoms with Crippen LogP contribution in [0.4, 0.5) is 5.82 Å². The first-order valence-corrected chi connectivity index (χ1v) is 6.92. The topological polar surface area (TPSA) is 109 Å². The minimum absolute atomic E-state index is 0.225. The molecule has 0 radical (unpaired) electrons. The van der Waals surface area contributed by atoms with Crippen LogP contribution < -0.4 is 0 Å². The first-order valence-electron chi connectivity index (χ1n) is 6.92. The molecule has 9 nitrogen and oxygen atoms in total. The number of imidazole rings is 1. The number of aromatic nitrogens is 4. The van der Waals surface area contributed by atoms with Gasteiger partial charge in [-0.05, 0) is 0 Å². The van der Waals surface area contributed by atoms with Crippen LogP contribution in [0, 0.1) is 0 Å². The van der Waals surface area contributed by atoms with Gasteiger partial charge in [-0.2, -0.15) is 0 Å². The van der Waals surface area contributed by atoms with E-state index in [9.17, 15) is 10.2 Å². The molecule has 2 N–H and O–H groups in total. The lowest BCUT2D eigenvalue weighted by Gasteiger charge is -2.13. The summed E-state index contributed by atoms with van der Waals surface area (Å²) < 4.78 is 7.36. The molecule has 0 bridgehead atoms. The minimum Gasteiger partial charge on any atom is -0.394 e. The van der Waals surface area contributed by atoms with E-state index in [1.54, 1.807) is 22.1 Å². The van der Waals surface area contributed by atoms with Gasteiger partial charge in [0.15, 0.2) is 17.0 Å². The number of aliphatic imine (C=N–C) groups is 1. The van der Waals surface area contributed by atoms with Gasteiger partial charge in [-0.25, -0.2) is 19.9 Å². The van der Waals surface area contributed by atoms with Crippen LogP contribution in [0.1, 0.15) is 12.6 Å². The fraction of sp³-hybridized carbons (Fsp3) is 0.538. The van der Waals surface area contributed by atoms with Crippen LogP contribution in [0.2, 0.25) is 0 Å². The van der Waals surface area contributed by atoms with Gasteiger partial charge in [0.25, 0.3) is 0 Å². The molecular formula is C13H18N6O3. The third-order valence-corrected chi connectivity index (χ3v) is 3.44. The molecular weight excluding hydrogens is 288 g/mol. The molecule has 1 saturated heterocycles. The molecule has 9 heteroatoms. The number of aliphatic hydroxyl groups is 2. The molecule has 1 aliphatic rings. The molecule has 118 valence electrons. The first kappa shape index (κ1) is 14.8. The van der Waals surface area contributed by atoms with Crippen molar-refractivity contribution < 1.29 is 14.9 Å². The molecule has 3 atom stereocenters. The van der Waals surface area contributed by atoms with Gasteiger partial charge in [-0.3, -0.25) is 4.57 Å². The van der Waals surface area contributed by atoms with E-state index in [2.05, 4.69) is 19.9 Å². The highest BCUT2D eigenvalue weighted by molar-refractivity contribution is 5.82. The van der Waals surface area contributed by atoms with E-state index < -0.39 is 18.4 Å². The molecule has 1 aliphatic heterocycles. The van der Waals surface area contributed by atoms with E-state index in [0.29, 0.717) is 23.4 Å². The largest absolute Gasteiger partial charge is 0.394 e. The van der Waals surface area contributed by atoms with Gasteiger partial charge in [0.05, 0.1) is 25.4 Å². The second-order valence-electron chi connectivity index (χ2n) is 5.34. The fourth-order valence-corrected chi connectivity index (χ4v) is 2.37. The zero-order valence-corrected chi connectivity index (χ0v) is 12.4. The maximum atomic E-state index is 9.85. The van der Waals surface area contributed by atoms with E-state index in [0.717, 1.165) is 0 Å². The molecule has 0 spiro atoms. The second-order valence-corrected chi connectivity index (χ2v) is 5.34. The van der Waals surface area contributed by atoms with Gasteiger partial charge in [0, 0.05) is 20.5 Å². The molecule has 2 aromatic rings. The second kappa shape index (κ2) is 5.95. The smallest absolute Gasteiger partial charge is 0.184 e. The Morgan fingerprint density at radius 1 is 1.45 bits per heavy atom. The van der Waals surface area contributed by atoms with E-state index in [1.807, 2.05) is 14.1 Å². The van der Waals surface area contributed by atoms with Gasteiger partial charge in [-0.1, -0.05) is 0 Å². The van der Waals surface area contributed by atoms with E-state index in [4.69, 9.17) is 4.74 Å². The summed E-state index contributed by atoms with van der Waals surface area (Å²) in [6, 6.07) is 0. The third kappa shape index (κ3) is 2.65. The highest BCUT2D eigenvalue weighted by Crippen LogP contribution is 2.31. The maximum absolute atomic E-state index is 9.85. The molecule has 0 aliphatic carbocycles. The molecule has 3 heterocycles. The molecule has 1 fully saturated rings.